The molecule has 2 amide bonds. The van der Waals surface area contributed by atoms with E-state index in [1.165, 1.54) is 0 Å². The van der Waals surface area contributed by atoms with Crippen molar-refractivity contribution in [3.63, 3.8) is 0 Å². The highest BCUT2D eigenvalue weighted by atomic mass is 79.9. The van der Waals surface area contributed by atoms with Crippen molar-refractivity contribution < 1.29 is 14.7 Å². The van der Waals surface area contributed by atoms with Crippen LogP contribution in [0.3, 0.4) is 0 Å². The Morgan fingerprint density at radius 2 is 2.16 bits per heavy atom. The van der Waals surface area contributed by atoms with Crippen molar-refractivity contribution in [2.45, 2.75) is 13.3 Å². The van der Waals surface area contributed by atoms with Crippen LogP contribution in [0.15, 0.2) is 22.7 Å². The molecule has 0 bridgehead atoms. The van der Waals surface area contributed by atoms with E-state index in [0.717, 1.165) is 4.47 Å². The van der Waals surface area contributed by atoms with E-state index in [1.807, 2.05) is 0 Å². The predicted molar refractivity (Wildman–Crippen MR) is 77.6 cm³/mol. The maximum absolute atomic E-state index is 11.6. The summed E-state index contributed by atoms with van der Waals surface area (Å²) < 4.78 is 0.782. The summed E-state index contributed by atoms with van der Waals surface area (Å²) in [5.41, 5.74) is 0.455. The lowest BCUT2D eigenvalue weighted by molar-refractivity contribution is -0.141. The molecule has 0 aliphatic rings. The maximum atomic E-state index is 11.6. The number of amides is 2. The van der Waals surface area contributed by atoms with Gasteiger partial charge in [0.15, 0.2) is 0 Å². The lowest BCUT2D eigenvalue weighted by Crippen LogP contribution is -2.35. The van der Waals surface area contributed by atoms with Crippen LogP contribution in [0.4, 0.5) is 10.5 Å². The van der Waals surface area contributed by atoms with E-state index in [2.05, 4.69) is 26.6 Å². The Labute approximate surface area is 124 Å². The van der Waals surface area contributed by atoms with Crippen molar-refractivity contribution >= 4 is 45.2 Å². The average Bonchev–Trinajstić information content (AvgIpc) is 2.34. The molecule has 0 radical (unpaired) electrons. The van der Waals surface area contributed by atoms with E-state index in [9.17, 15) is 9.59 Å². The lowest BCUT2D eigenvalue weighted by atomic mass is 10.1. The van der Waals surface area contributed by atoms with Gasteiger partial charge in [-0.15, -0.1) is 0 Å². The first-order valence-corrected chi connectivity index (χ1v) is 6.83. The number of carbonyl (C=O) groups excluding carboxylic acids is 1. The van der Waals surface area contributed by atoms with Crippen LogP contribution in [0, 0.1) is 5.92 Å². The highest BCUT2D eigenvalue weighted by Gasteiger charge is 2.16. The van der Waals surface area contributed by atoms with Crippen LogP contribution in [0.5, 0.6) is 0 Å². The minimum absolute atomic E-state index is 0.0727. The third-order valence-corrected chi connectivity index (χ3v) is 3.35. The smallest absolute Gasteiger partial charge is 0.319 e. The summed E-state index contributed by atoms with van der Waals surface area (Å²) in [6, 6.07) is 4.58. The van der Waals surface area contributed by atoms with Crippen molar-refractivity contribution in [2.24, 2.45) is 5.92 Å². The number of hydrogen-bond acceptors (Lipinski definition) is 2. The second-order valence-corrected chi connectivity index (χ2v) is 5.23. The summed E-state index contributed by atoms with van der Waals surface area (Å²) in [6.07, 6.45) is 0.452. The zero-order valence-corrected chi connectivity index (χ0v) is 12.6. The van der Waals surface area contributed by atoms with E-state index in [-0.39, 0.29) is 6.54 Å². The molecule has 1 unspecified atom stereocenters. The normalized spacial score (nSPS) is 11.7. The molecule has 1 aromatic carbocycles. The summed E-state index contributed by atoms with van der Waals surface area (Å²) >= 11 is 9.19. The van der Waals surface area contributed by atoms with Crippen LogP contribution >= 0.6 is 27.5 Å². The number of anilines is 1. The number of aliphatic carboxylic acids is 1. The van der Waals surface area contributed by atoms with Crippen LogP contribution in [0.1, 0.15) is 13.3 Å². The Balaban J connectivity index is 2.56. The van der Waals surface area contributed by atoms with Crippen LogP contribution in [-0.4, -0.2) is 23.7 Å². The predicted octanol–water partition coefficient (Wildman–Crippen LogP) is 3.33. The molecule has 0 aromatic heterocycles. The molecule has 0 saturated carbocycles. The lowest BCUT2D eigenvalue weighted by Gasteiger charge is -2.12. The van der Waals surface area contributed by atoms with Gasteiger partial charge < -0.3 is 15.7 Å². The second-order valence-electron chi connectivity index (χ2n) is 3.90. The molecule has 1 aromatic rings. The topological polar surface area (TPSA) is 78.4 Å². The molecule has 19 heavy (non-hydrogen) atoms. The Kier molecular flexibility index (Phi) is 6.11. The number of carboxylic acids is 1. The summed E-state index contributed by atoms with van der Waals surface area (Å²) in [5, 5.41) is 14.3. The number of rotatable bonds is 5. The zero-order valence-electron chi connectivity index (χ0n) is 10.2. The molecule has 1 atom stereocenters. The van der Waals surface area contributed by atoms with Gasteiger partial charge in [-0.25, -0.2) is 4.79 Å². The van der Waals surface area contributed by atoms with E-state index in [4.69, 9.17) is 16.7 Å². The first-order chi connectivity index (χ1) is 8.93. The maximum Gasteiger partial charge on any atom is 0.319 e. The molecule has 0 spiro atoms. The Morgan fingerprint density at radius 3 is 2.74 bits per heavy atom. The first-order valence-electron chi connectivity index (χ1n) is 5.66. The summed E-state index contributed by atoms with van der Waals surface area (Å²) in [7, 11) is 0. The number of halogens is 2. The Hall–Kier alpha value is -1.27. The number of carbonyl (C=O) groups is 2. The molecule has 3 N–H and O–H groups in total. The van der Waals surface area contributed by atoms with Gasteiger partial charge in [0.25, 0.3) is 0 Å². The molecule has 0 saturated heterocycles. The van der Waals surface area contributed by atoms with E-state index in [0.29, 0.717) is 17.1 Å². The largest absolute Gasteiger partial charge is 0.481 e. The second kappa shape index (κ2) is 7.35. The molecule has 0 fully saturated rings. The third kappa shape index (κ3) is 5.08. The summed E-state index contributed by atoms with van der Waals surface area (Å²) in [6.45, 7) is 1.83. The molecule has 104 valence electrons. The molecule has 0 heterocycles. The van der Waals surface area contributed by atoms with Crippen molar-refractivity contribution in [1.29, 1.82) is 0 Å². The number of carboxylic acid groups (broad SMARTS) is 1. The van der Waals surface area contributed by atoms with Crippen molar-refractivity contribution in [2.75, 3.05) is 11.9 Å². The first kappa shape index (κ1) is 15.8. The van der Waals surface area contributed by atoms with Gasteiger partial charge in [-0.05, 0) is 24.6 Å². The fourth-order valence-corrected chi connectivity index (χ4v) is 1.91. The summed E-state index contributed by atoms with van der Waals surface area (Å²) in [5.74, 6) is -1.52. The zero-order chi connectivity index (χ0) is 14.4. The number of hydrogen-bond donors (Lipinski definition) is 3. The van der Waals surface area contributed by atoms with Gasteiger partial charge in [-0.3, -0.25) is 4.79 Å². The van der Waals surface area contributed by atoms with Crippen LogP contribution in [0.2, 0.25) is 5.02 Å². The summed E-state index contributed by atoms with van der Waals surface area (Å²) in [4.78, 5) is 22.4. The minimum Gasteiger partial charge on any atom is -0.481 e. The van der Waals surface area contributed by atoms with Gasteiger partial charge in [0, 0.05) is 11.0 Å². The molecular weight excluding hydrogens is 336 g/mol. The molecule has 5 nitrogen and oxygen atoms in total. The van der Waals surface area contributed by atoms with Gasteiger partial charge in [0.2, 0.25) is 0 Å². The quantitative estimate of drug-likeness (QED) is 0.763. The average molecular weight is 350 g/mol. The molecule has 0 aliphatic heterocycles. The van der Waals surface area contributed by atoms with Crippen molar-refractivity contribution in [1.82, 2.24) is 5.32 Å². The van der Waals surface area contributed by atoms with Gasteiger partial charge >= 0.3 is 12.0 Å². The molecule has 0 aliphatic carbocycles. The van der Waals surface area contributed by atoms with E-state index in [1.54, 1.807) is 25.1 Å². The highest BCUT2D eigenvalue weighted by molar-refractivity contribution is 9.10. The standard InChI is InChI=1S/C12H14BrClN2O3/c1-2-7(11(17)18)6-15-12(19)16-10-5-8(13)3-4-9(10)14/h3-5,7H,2,6H2,1H3,(H,17,18)(H2,15,16,19). The Bertz CT molecular complexity index is 482. The van der Waals surface area contributed by atoms with Crippen molar-refractivity contribution in [3.8, 4) is 0 Å². The van der Waals surface area contributed by atoms with Crippen LogP contribution in [-0.2, 0) is 4.79 Å². The SMILES string of the molecule is CCC(CNC(=O)Nc1cc(Br)ccc1Cl)C(=O)O. The molecule has 1 rings (SSSR count). The van der Waals surface area contributed by atoms with E-state index >= 15 is 0 Å². The van der Waals surface area contributed by atoms with Gasteiger partial charge in [0.1, 0.15) is 0 Å². The Morgan fingerprint density at radius 1 is 1.47 bits per heavy atom. The number of nitrogens with one attached hydrogen (secondary N) is 2. The third-order valence-electron chi connectivity index (χ3n) is 2.53. The van der Waals surface area contributed by atoms with Gasteiger partial charge in [-0.1, -0.05) is 34.5 Å². The fourth-order valence-electron chi connectivity index (χ4n) is 1.38. The van der Waals surface area contributed by atoms with Crippen molar-refractivity contribution in [3.05, 3.63) is 27.7 Å². The molecular formula is C12H14BrClN2O3. The van der Waals surface area contributed by atoms with Crippen LogP contribution in [0.25, 0.3) is 0 Å². The van der Waals surface area contributed by atoms with Gasteiger partial charge in [0.05, 0.1) is 16.6 Å². The van der Waals surface area contributed by atoms with Gasteiger partial charge in [-0.2, -0.15) is 0 Å². The minimum atomic E-state index is -0.928. The number of benzene rings is 1. The van der Waals surface area contributed by atoms with Crippen LogP contribution < -0.4 is 10.6 Å². The highest BCUT2D eigenvalue weighted by Crippen LogP contribution is 2.25. The monoisotopic (exact) mass is 348 g/mol. The fraction of sp³-hybridized carbons (Fsp3) is 0.333. The van der Waals surface area contributed by atoms with E-state index < -0.39 is 17.9 Å². The number of urea groups is 1. The molecule has 7 heteroatoms.